The van der Waals surface area contributed by atoms with Crippen LogP contribution in [0.2, 0.25) is 0 Å². The fourth-order valence-corrected chi connectivity index (χ4v) is 4.17. The van der Waals surface area contributed by atoms with Gasteiger partial charge in [-0.15, -0.1) is 0 Å². The third kappa shape index (κ3) is 7.97. The number of hydrogen-bond donors (Lipinski definition) is 4. The molecule has 6 nitrogen and oxygen atoms in total. The minimum absolute atomic E-state index is 0.152. The van der Waals surface area contributed by atoms with Crippen molar-refractivity contribution in [2.45, 2.75) is 31.6 Å². The van der Waals surface area contributed by atoms with Crippen molar-refractivity contribution < 1.29 is 22.7 Å². The second kappa shape index (κ2) is 12.8. The van der Waals surface area contributed by atoms with Gasteiger partial charge in [-0.25, -0.2) is 0 Å². The maximum Gasteiger partial charge on any atom is 0.415 e. The molecule has 0 aliphatic heterocycles. The van der Waals surface area contributed by atoms with Crippen molar-refractivity contribution in [1.82, 2.24) is 5.32 Å². The lowest BCUT2D eigenvalue weighted by Crippen LogP contribution is -2.25. The number of anilines is 2. The number of rotatable bonds is 12. The van der Waals surface area contributed by atoms with Gasteiger partial charge >= 0.3 is 6.18 Å². The van der Waals surface area contributed by atoms with Crippen molar-refractivity contribution in [2.75, 3.05) is 24.3 Å². The van der Waals surface area contributed by atoms with Gasteiger partial charge in [-0.3, -0.25) is 4.79 Å². The lowest BCUT2D eigenvalue weighted by molar-refractivity contribution is -0.112. The minimum atomic E-state index is -4.69. The Kier molecular flexibility index (Phi) is 9.29. The van der Waals surface area contributed by atoms with Gasteiger partial charge in [0, 0.05) is 17.9 Å². The lowest BCUT2D eigenvalue weighted by atomic mass is 9.97. The van der Waals surface area contributed by atoms with Crippen LogP contribution in [0, 0.1) is 5.92 Å². The smallest absolute Gasteiger partial charge is 0.415 e. The highest BCUT2D eigenvalue weighted by Crippen LogP contribution is 2.32. The number of carbonyl (C=O) groups excluding carboxylic acids is 1. The van der Waals surface area contributed by atoms with E-state index in [0.717, 1.165) is 29.0 Å². The van der Waals surface area contributed by atoms with Gasteiger partial charge in [-0.05, 0) is 84.5 Å². The molecule has 9 heteroatoms. The first-order chi connectivity index (χ1) is 19.2. The number of nitrogens with two attached hydrogens (primary N) is 1. The summed E-state index contributed by atoms with van der Waals surface area (Å²) in [6.07, 6.45) is -1.60. The summed E-state index contributed by atoms with van der Waals surface area (Å²) in [7, 11) is 1.61. The normalized spacial score (nSPS) is 14.4. The first kappa shape index (κ1) is 28.9. The Hall–Kier alpha value is -4.08. The van der Waals surface area contributed by atoms with E-state index in [1.807, 2.05) is 36.4 Å². The fraction of sp³-hybridized carbons (Fsp3) is 0.258. The average molecular weight is 551 g/mol. The summed E-state index contributed by atoms with van der Waals surface area (Å²) in [5, 5.41) is 9.16. The maximum atomic E-state index is 13.3. The van der Waals surface area contributed by atoms with Crippen LogP contribution >= 0.6 is 0 Å². The zero-order chi connectivity index (χ0) is 28.7. The molecule has 1 unspecified atom stereocenters. The molecule has 1 aliphatic carbocycles. The molecule has 1 fully saturated rings. The Morgan fingerprint density at radius 3 is 2.33 bits per heavy atom. The van der Waals surface area contributed by atoms with Crippen LogP contribution in [0.15, 0.2) is 96.7 Å². The molecule has 0 spiro atoms. The molecule has 3 aromatic carbocycles. The summed E-state index contributed by atoms with van der Waals surface area (Å²) in [5.41, 5.74) is 7.78. The van der Waals surface area contributed by atoms with Crippen molar-refractivity contribution in [3.8, 4) is 5.75 Å². The largest absolute Gasteiger partial charge is 0.497 e. The molecule has 3 aromatic rings. The number of carbonyl (C=O) groups is 1. The first-order valence-corrected chi connectivity index (χ1v) is 13.0. The van der Waals surface area contributed by atoms with Crippen LogP contribution in [0.1, 0.15) is 35.6 Å². The minimum Gasteiger partial charge on any atom is -0.497 e. The van der Waals surface area contributed by atoms with Gasteiger partial charge in [0.05, 0.1) is 18.7 Å². The zero-order valence-corrected chi connectivity index (χ0v) is 22.2. The van der Waals surface area contributed by atoms with E-state index in [4.69, 9.17) is 10.5 Å². The van der Waals surface area contributed by atoms with Crippen molar-refractivity contribution in [3.63, 3.8) is 0 Å². The van der Waals surface area contributed by atoms with Gasteiger partial charge in [0.1, 0.15) is 11.4 Å². The number of amides is 1. The number of methoxy groups -OCH3 is 1. The number of halogens is 3. The molecule has 210 valence electrons. The predicted octanol–water partition coefficient (Wildman–Crippen LogP) is 6.30. The molecule has 1 saturated carbocycles. The molecule has 0 bridgehead atoms. The molecule has 1 atom stereocenters. The van der Waals surface area contributed by atoms with Crippen LogP contribution in [0.3, 0.4) is 0 Å². The Balaban J connectivity index is 1.59. The summed E-state index contributed by atoms with van der Waals surface area (Å²) < 4.78 is 45.2. The summed E-state index contributed by atoms with van der Waals surface area (Å²) >= 11 is 0. The van der Waals surface area contributed by atoms with Crippen LogP contribution in [-0.2, 0) is 11.3 Å². The summed E-state index contributed by atoms with van der Waals surface area (Å²) in [4.78, 5) is 13.3. The second-order valence-electron chi connectivity index (χ2n) is 9.75. The van der Waals surface area contributed by atoms with Crippen molar-refractivity contribution in [3.05, 3.63) is 113 Å². The Morgan fingerprint density at radius 2 is 1.70 bits per heavy atom. The number of benzene rings is 3. The highest BCUT2D eigenvalue weighted by Gasteiger charge is 2.31. The Bertz CT molecular complexity index is 1370. The second-order valence-corrected chi connectivity index (χ2v) is 9.75. The first-order valence-electron chi connectivity index (χ1n) is 13.0. The molecule has 0 radical (unpaired) electrons. The van der Waals surface area contributed by atoms with E-state index < -0.39 is 17.7 Å². The van der Waals surface area contributed by atoms with Gasteiger partial charge in [-0.2, -0.15) is 13.2 Å². The van der Waals surface area contributed by atoms with E-state index in [0.29, 0.717) is 23.4 Å². The van der Waals surface area contributed by atoms with Crippen LogP contribution in [0.25, 0.3) is 0 Å². The Morgan fingerprint density at radius 1 is 1.02 bits per heavy atom. The molecule has 1 aliphatic rings. The molecule has 0 aromatic heterocycles. The van der Waals surface area contributed by atoms with Gasteiger partial charge in [0.15, 0.2) is 0 Å². The molecule has 0 heterocycles. The highest BCUT2D eigenvalue weighted by atomic mass is 19.4. The van der Waals surface area contributed by atoms with Crippen LogP contribution < -0.4 is 26.4 Å². The van der Waals surface area contributed by atoms with E-state index in [2.05, 4.69) is 22.5 Å². The molecule has 40 heavy (non-hydrogen) atoms. The monoisotopic (exact) mass is 550 g/mol. The van der Waals surface area contributed by atoms with Gasteiger partial charge in [-0.1, -0.05) is 43.0 Å². The molecule has 4 rings (SSSR count). The third-order valence-electron chi connectivity index (χ3n) is 6.60. The zero-order valence-electron chi connectivity index (χ0n) is 22.2. The number of nitrogens with one attached hydrogen (secondary N) is 3. The van der Waals surface area contributed by atoms with E-state index in [-0.39, 0.29) is 18.3 Å². The van der Waals surface area contributed by atoms with Crippen LogP contribution in [0.4, 0.5) is 24.5 Å². The maximum absolute atomic E-state index is 13.3. The highest BCUT2D eigenvalue weighted by molar-refractivity contribution is 6.06. The summed E-state index contributed by atoms with van der Waals surface area (Å²) in [6, 6.07) is 21.7. The number of allylic oxidation sites excluding steroid dienone is 2. The van der Waals surface area contributed by atoms with E-state index in [1.54, 1.807) is 43.5 Å². The number of alkyl halides is 3. The van der Waals surface area contributed by atoms with E-state index >= 15 is 0 Å². The van der Waals surface area contributed by atoms with E-state index in [1.165, 1.54) is 12.8 Å². The quantitative estimate of drug-likeness (QED) is 0.157. The SMILES string of the molecule is C=C(/C=C(\Nc1cccc(CN)c1)C(=O)Nc1cccc(C(NCC2CC2)c2ccc(OC)cc2)c1)C(F)(F)F. The third-order valence-corrected chi connectivity index (χ3v) is 6.60. The number of ether oxygens (including phenoxy) is 1. The molecular formula is C31H33F3N4O2. The van der Waals surface area contributed by atoms with Crippen molar-refractivity contribution >= 4 is 17.3 Å². The van der Waals surface area contributed by atoms with Gasteiger partial charge in [0.25, 0.3) is 5.91 Å². The average Bonchev–Trinajstić information content (AvgIpc) is 3.77. The van der Waals surface area contributed by atoms with Gasteiger partial charge in [0.2, 0.25) is 0 Å². The molecule has 0 saturated heterocycles. The predicted molar refractivity (Wildman–Crippen MR) is 152 cm³/mol. The topological polar surface area (TPSA) is 88.4 Å². The van der Waals surface area contributed by atoms with Gasteiger partial charge < -0.3 is 26.4 Å². The number of hydrogen-bond acceptors (Lipinski definition) is 5. The fourth-order valence-electron chi connectivity index (χ4n) is 4.17. The lowest BCUT2D eigenvalue weighted by Gasteiger charge is -2.21. The van der Waals surface area contributed by atoms with Crippen molar-refractivity contribution in [1.29, 1.82) is 0 Å². The molecule has 1 amide bonds. The molecular weight excluding hydrogens is 517 g/mol. The van der Waals surface area contributed by atoms with Crippen molar-refractivity contribution in [2.24, 2.45) is 11.7 Å². The van der Waals surface area contributed by atoms with Crippen LogP contribution in [-0.4, -0.2) is 25.7 Å². The summed E-state index contributed by atoms with van der Waals surface area (Å²) in [5.74, 6) is 0.643. The standard InChI is InChI=1S/C31H33F3N4O2/c1-20(31(32,33)34)15-28(37-25-7-3-5-22(16-25)18-35)30(39)38-26-8-4-6-24(17-26)29(36-19-21-9-10-21)23-11-13-27(40-2)14-12-23/h3-8,11-17,21,29,36-37H,1,9-10,18-19,35H2,2H3,(H,38,39)/b28-15-. The van der Waals surface area contributed by atoms with E-state index in [9.17, 15) is 18.0 Å². The summed E-state index contributed by atoms with van der Waals surface area (Å²) in [6.45, 7) is 4.19. The molecule has 5 N–H and O–H groups in total. The Labute approximate surface area is 232 Å². The van der Waals surface area contributed by atoms with Crippen LogP contribution in [0.5, 0.6) is 5.75 Å².